The Morgan fingerprint density at radius 1 is 0.692 bits per heavy atom. The van der Waals surface area contributed by atoms with Gasteiger partial charge in [0.1, 0.15) is 0 Å². The summed E-state index contributed by atoms with van der Waals surface area (Å²) < 4.78 is 0. The van der Waals surface area contributed by atoms with Gasteiger partial charge in [-0.2, -0.15) is 0 Å². The van der Waals surface area contributed by atoms with Gasteiger partial charge in [-0.15, -0.1) is 0 Å². The summed E-state index contributed by atoms with van der Waals surface area (Å²) in [5, 5.41) is 0. The number of fused-ring (bicyclic) bond motifs is 3. The van der Waals surface area contributed by atoms with Gasteiger partial charge < -0.3 is 0 Å². The van der Waals surface area contributed by atoms with Crippen LogP contribution in [0.2, 0.25) is 0 Å². The highest BCUT2D eigenvalue weighted by molar-refractivity contribution is 5.19. The Kier molecular flexibility index (Phi) is 1.12. The van der Waals surface area contributed by atoms with E-state index in [9.17, 15) is 0 Å². The minimum absolute atomic E-state index is 1.10. The van der Waals surface area contributed by atoms with Gasteiger partial charge in [0.25, 0.3) is 0 Å². The second-order valence-electron chi connectivity index (χ2n) is 6.29. The van der Waals surface area contributed by atoms with Crippen molar-refractivity contribution in [3.05, 3.63) is 0 Å². The predicted molar refractivity (Wildman–Crippen MR) is 53.1 cm³/mol. The van der Waals surface area contributed by atoms with E-state index >= 15 is 0 Å². The molecule has 0 aliphatic heterocycles. The molecule has 0 amide bonds. The van der Waals surface area contributed by atoms with Gasteiger partial charge in [-0.1, -0.05) is 20.3 Å². The van der Waals surface area contributed by atoms with Crippen molar-refractivity contribution in [2.75, 3.05) is 0 Å². The largest absolute Gasteiger partial charge is 0.0619 e. The molecule has 4 rings (SSSR count). The van der Waals surface area contributed by atoms with Crippen LogP contribution in [0.25, 0.3) is 0 Å². The molecular weight excluding hydrogens is 156 g/mol. The molecule has 6 atom stereocenters. The van der Waals surface area contributed by atoms with E-state index in [1.807, 2.05) is 0 Å². The van der Waals surface area contributed by atoms with Gasteiger partial charge in [0.15, 0.2) is 0 Å². The minimum atomic E-state index is 1.10. The number of hydrogen-bond acceptors (Lipinski definition) is 0. The predicted octanol–water partition coefficient (Wildman–Crippen LogP) is 3.18. The van der Waals surface area contributed by atoms with E-state index in [-0.39, 0.29) is 0 Å². The Bertz CT molecular complexity index is 229. The van der Waals surface area contributed by atoms with Gasteiger partial charge in [-0.3, -0.25) is 0 Å². The summed E-state index contributed by atoms with van der Waals surface area (Å²) in [5.74, 6) is 9.35. The maximum absolute atomic E-state index is 2.54. The van der Waals surface area contributed by atoms with E-state index in [2.05, 4.69) is 13.8 Å². The van der Waals surface area contributed by atoms with Crippen LogP contribution in [0.15, 0.2) is 0 Å². The minimum Gasteiger partial charge on any atom is -0.0619 e. The van der Waals surface area contributed by atoms with Crippen LogP contribution in [0, 0.1) is 47.3 Å². The molecular formula is C13H20. The van der Waals surface area contributed by atoms with E-state index < -0.39 is 0 Å². The van der Waals surface area contributed by atoms with Crippen molar-refractivity contribution < 1.29 is 0 Å². The highest BCUT2D eigenvalue weighted by Crippen LogP contribution is 2.77. The molecule has 0 heteroatoms. The summed E-state index contributed by atoms with van der Waals surface area (Å²) in [5.41, 5.74) is 0. The summed E-state index contributed by atoms with van der Waals surface area (Å²) in [4.78, 5) is 0. The molecule has 13 heavy (non-hydrogen) atoms. The summed E-state index contributed by atoms with van der Waals surface area (Å²) >= 11 is 0. The molecule has 0 aromatic carbocycles. The molecule has 6 unspecified atom stereocenters. The lowest BCUT2D eigenvalue weighted by Crippen LogP contribution is -2.59. The van der Waals surface area contributed by atoms with Crippen molar-refractivity contribution in [3.63, 3.8) is 0 Å². The fraction of sp³-hybridized carbons (Fsp3) is 1.00. The molecule has 0 radical (unpaired) electrons. The number of hydrogen-bond donors (Lipinski definition) is 0. The third-order valence-electron chi connectivity index (χ3n) is 6.38. The van der Waals surface area contributed by atoms with Gasteiger partial charge in [0.2, 0.25) is 0 Å². The Labute approximate surface area is 81.1 Å². The molecule has 4 aliphatic rings. The van der Waals surface area contributed by atoms with E-state index in [1.165, 1.54) is 35.5 Å². The Morgan fingerprint density at radius 3 is 1.77 bits per heavy atom. The summed E-state index contributed by atoms with van der Waals surface area (Å²) in [7, 11) is 0. The molecule has 0 aromatic heterocycles. The second-order valence-corrected chi connectivity index (χ2v) is 6.29. The van der Waals surface area contributed by atoms with Crippen molar-refractivity contribution >= 4 is 0 Å². The van der Waals surface area contributed by atoms with E-state index in [4.69, 9.17) is 0 Å². The molecule has 4 fully saturated rings. The van der Waals surface area contributed by atoms with Crippen LogP contribution in [0.3, 0.4) is 0 Å². The quantitative estimate of drug-likeness (QED) is 0.532. The fourth-order valence-corrected chi connectivity index (χ4v) is 6.20. The summed E-state index contributed by atoms with van der Waals surface area (Å²) in [6.07, 6.45) is 4.73. The van der Waals surface area contributed by atoms with E-state index in [0.29, 0.717) is 0 Å². The molecule has 0 spiro atoms. The zero-order valence-corrected chi connectivity index (χ0v) is 8.74. The van der Waals surface area contributed by atoms with Gasteiger partial charge in [0, 0.05) is 0 Å². The fourth-order valence-electron chi connectivity index (χ4n) is 6.20. The van der Waals surface area contributed by atoms with Crippen LogP contribution >= 0.6 is 0 Å². The molecule has 0 N–H and O–H groups in total. The smallest absolute Gasteiger partial charge is 0.0313 e. The first-order chi connectivity index (χ1) is 6.30. The Morgan fingerprint density at radius 2 is 1.23 bits per heavy atom. The molecule has 72 valence electrons. The summed E-state index contributed by atoms with van der Waals surface area (Å²) in [6.45, 7) is 5.08. The third-order valence-corrected chi connectivity index (χ3v) is 6.38. The molecule has 0 aromatic rings. The van der Waals surface area contributed by atoms with Gasteiger partial charge in [-0.25, -0.2) is 0 Å². The maximum Gasteiger partial charge on any atom is -0.0313 e. The zero-order chi connectivity index (χ0) is 8.74. The summed E-state index contributed by atoms with van der Waals surface area (Å²) in [6, 6.07) is 0. The average Bonchev–Trinajstić information content (AvgIpc) is 2.56. The second kappa shape index (κ2) is 1.99. The normalized spacial score (nSPS) is 72.5. The van der Waals surface area contributed by atoms with Crippen LogP contribution in [0.5, 0.6) is 0 Å². The van der Waals surface area contributed by atoms with Crippen molar-refractivity contribution in [1.29, 1.82) is 0 Å². The Balaban J connectivity index is 1.75. The first-order valence-corrected chi connectivity index (χ1v) is 6.30. The Hall–Kier alpha value is 0. The van der Waals surface area contributed by atoms with E-state index in [0.717, 1.165) is 11.8 Å². The van der Waals surface area contributed by atoms with Crippen LogP contribution in [-0.4, -0.2) is 0 Å². The lowest BCUT2D eigenvalue weighted by Gasteiger charge is -2.64. The highest BCUT2D eigenvalue weighted by Gasteiger charge is 2.72. The van der Waals surface area contributed by atoms with Crippen molar-refractivity contribution in [3.8, 4) is 0 Å². The first-order valence-electron chi connectivity index (χ1n) is 6.30. The zero-order valence-electron chi connectivity index (χ0n) is 8.74. The molecule has 4 aliphatic carbocycles. The topological polar surface area (TPSA) is 0 Å². The maximum atomic E-state index is 2.54. The van der Waals surface area contributed by atoms with Gasteiger partial charge in [0.05, 0.1) is 0 Å². The lowest BCUT2D eigenvalue weighted by atomic mass is 9.41. The van der Waals surface area contributed by atoms with Crippen LogP contribution in [0.1, 0.15) is 33.1 Å². The third kappa shape index (κ3) is 0.567. The SMILES string of the molecule is CC1C2C(C)C3C4CCCC4C1C23. The molecule has 0 heterocycles. The van der Waals surface area contributed by atoms with Crippen LogP contribution in [-0.2, 0) is 0 Å². The first kappa shape index (κ1) is 7.31. The standard InChI is InChI=1S/C13H20/c1-6-10-7(2)12-9-5-3-4-8(9)11(6)13(10)12/h6-13H,3-5H2,1-2H3. The average molecular weight is 176 g/mol. The molecule has 0 bridgehead atoms. The van der Waals surface area contributed by atoms with E-state index in [1.54, 1.807) is 19.3 Å². The molecule has 0 nitrogen and oxygen atoms in total. The van der Waals surface area contributed by atoms with Gasteiger partial charge in [-0.05, 0) is 60.2 Å². The van der Waals surface area contributed by atoms with Crippen LogP contribution < -0.4 is 0 Å². The number of rotatable bonds is 0. The highest BCUT2D eigenvalue weighted by atomic mass is 14.8. The van der Waals surface area contributed by atoms with Crippen molar-refractivity contribution in [1.82, 2.24) is 0 Å². The van der Waals surface area contributed by atoms with Crippen LogP contribution in [0.4, 0.5) is 0 Å². The lowest BCUT2D eigenvalue weighted by molar-refractivity contribution is -0.165. The van der Waals surface area contributed by atoms with Gasteiger partial charge >= 0.3 is 0 Å². The van der Waals surface area contributed by atoms with Crippen molar-refractivity contribution in [2.24, 2.45) is 47.3 Å². The molecule has 4 saturated carbocycles. The monoisotopic (exact) mass is 176 g/mol. The molecule has 0 saturated heterocycles. The van der Waals surface area contributed by atoms with Crippen molar-refractivity contribution in [2.45, 2.75) is 33.1 Å².